The van der Waals surface area contributed by atoms with E-state index < -0.39 is 36.4 Å². The topological polar surface area (TPSA) is 131 Å². The molecule has 8 nitrogen and oxygen atoms in total. The number of carboxylic acid groups (broad SMARTS) is 1. The summed E-state index contributed by atoms with van der Waals surface area (Å²) >= 11 is 0. The van der Waals surface area contributed by atoms with Crippen molar-refractivity contribution in [3.63, 3.8) is 0 Å². The minimum absolute atomic E-state index is 0.200. The van der Waals surface area contributed by atoms with Crippen molar-refractivity contribution in [3.8, 4) is 5.75 Å². The van der Waals surface area contributed by atoms with Crippen molar-refractivity contribution in [2.75, 3.05) is 11.9 Å². The first-order valence-corrected chi connectivity index (χ1v) is 6.28. The number of benzene rings is 1. The summed E-state index contributed by atoms with van der Waals surface area (Å²) in [5, 5.41) is 14.2. The number of rotatable bonds is 5. The number of primary amides is 1. The molecule has 8 heteroatoms. The Balaban J connectivity index is 2.01. The number of carboxylic acids is 1. The number of nitrogens with one attached hydrogen (secondary N) is 2. The Morgan fingerprint density at radius 2 is 2.14 bits per heavy atom. The van der Waals surface area contributed by atoms with Crippen LogP contribution in [0.2, 0.25) is 0 Å². The standard InChI is InChI=1S/C13H15N3O5/c14-11(17)5-8(13(19)20)16-12(18)10-6-15-7-3-1-2-4-9(7)21-10/h1-4,8,10,15H,5-6H2,(H2,14,17)(H,16,18)(H,19,20)/t8-,10?/m0/s1. The van der Waals surface area contributed by atoms with Gasteiger partial charge in [-0.2, -0.15) is 0 Å². The maximum atomic E-state index is 12.0. The Kier molecular flexibility index (Phi) is 4.27. The highest BCUT2D eigenvalue weighted by atomic mass is 16.5. The number of nitrogens with two attached hydrogens (primary N) is 1. The molecule has 2 rings (SSSR count). The molecule has 0 aliphatic carbocycles. The molecule has 1 aliphatic rings. The summed E-state index contributed by atoms with van der Waals surface area (Å²) < 4.78 is 5.50. The second-order valence-electron chi connectivity index (χ2n) is 4.55. The first kappa shape index (κ1) is 14.6. The van der Waals surface area contributed by atoms with E-state index in [-0.39, 0.29) is 6.54 Å². The number of aliphatic carboxylic acids is 1. The third kappa shape index (κ3) is 3.62. The number of anilines is 1. The number of hydrogen-bond donors (Lipinski definition) is 4. The molecule has 0 spiro atoms. The monoisotopic (exact) mass is 293 g/mol. The van der Waals surface area contributed by atoms with E-state index in [1.807, 2.05) is 6.07 Å². The minimum atomic E-state index is -1.37. The molecule has 5 N–H and O–H groups in total. The minimum Gasteiger partial charge on any atom is -0.480 e. The van der Waals surface area contributed by atoms with E-state index in [9.17, 15) is 14.4 Å². The fraction of sp³-hybridized carbons (Fsp3) is 0.308. The van der Waals surface area contributed by atoms with Gasteiger partial charge in [-0.1, -0.05) is 12.1 Å². The molecule has 0 saturated carbocycles. The first-order valence-electron chi connectivity index (χ1n) is 6.28. The molecule has 0 saturated heterocycles. The Hall–Kier alpha value is -2.77. The van der Waals surface area contributed by atoms with Crippen LogP contribution in [0.4, 0.5) is 5.69 Å². The molecule has 112 valence electrons. The summed E-state index contributed by atoms with van der Waals surface area (Å²) in [6.45, 7) is 0.200. The lowest BCUT2D eigenvalue weighted by Gasteiger charge is -2.27. The third-order valence-electron chi connectivity index (χ3n) is 2.95. The maximum absolute atomic E-state index is 12.0. The fourth-order valence-electron chi connectivity index (χ4n) is 1.93. The van der Waals surface area contributed by atoms with Gasteiger partial charge in [0, 0.05) is 0 Å². The Morgan fingerprint density at radius 3 is 2.81 bits per heavy atom. The van der Waals surface area contributed by atoms with Gasteiger partial charge in [0.1, 0.15) is 11.8 Å². The van der Waals surface area contributed by atoms with E-state index in [0.29, 0.717) is 5.75 Å². The zero-order valence-corrected chi connectivity index (χ0v) is 11.0. The summed E-state index contributed by atoms with van der Waals surface area (Å²) in [6, 6.07) is 5.71. The van der Waals surface area contributed by atoms with Crippen LogP contribution in [0.15, 0.2) is 24.3 Å². The number of amides is 2. The van der Waals surface area contributed by atoms with E-state index in [1.54, 1.807) is 18.2 Å². The third-order valence-corrected chi connectivity index (χ3v) is 2.95. The number of para-hydroxylation sites is 2. The van der Waals surface area contributed by atoms with Gasteiger partial charge in [0.15, 0.2) is 6.10 Å². The quantitative estimate of drug-likeness (QED) is 0.568. The van der Waals surface area contributed by atoms with Crippen molar-refractivity contribution in [3.05, 3.63) is 24.3 Å². The smallest absolute Gasteiger partial charge is 0.326 e. The largest absolute Gasteiger partial charge is 0.480 e. The van der Waals surface area contributed by atoms with Crippen LogP contribution in [-0.2, 0) is 14.4 Å². The van der Waals surface area contributed by atoms with Gasteiger partial charge in [0.05, 0.1) is 18.7 Å². The lowest BCUT2D eigenvalue weighted by atomic mass is 10.1. The van der Waals surface area contributed by atoms with Crippen LogP contribution in [0.25, 0.3) is 0 Å². The SMILES string of the molecule is NC(=O)C[C@H](NC(=O)C1CNc2ccccc2O1)C(=O)O. The predicted molar refractivity (Wildman–Crippen MR) is 72.7 cm³/mol. The summed E-state index contributed by atoms with van der Waals surface area (Å²) in [5.74, 6) is -2.25. The lowest BCUT2D eigenvalue weighted by molar-refractivity contribution is -0.144. The molecule has 1 aliphatic heterocycles. The van der Waals surface area contributed by atoms with E-state index in [0.717, 1.165) is 5.69 Å². The molecule has 1 heterocycles. The van der Waals surface area contributed by atoms with Gasteiger partial charge in [0.2, 0.25) is 5.91 Å². The molecule has 2 atom stereocenters. The van der Waals surface area contributed by atoms with Crippen molar-refractivity contribution in [1.29, 1.82) is 0 Å². The number of carbonyl (C=O) groups excluding carboxylic acids is 2. The van der Waals surface area contributed by atoms with E-state index >= 15 is 0 Å². The van der Waals surface area contributed by atoms with Crippen LogP contribution < -0.4 is 21.1 Å². The van der Waals surface area contributed by atoms with Gasteiger partial charge in [-0.05, 0) is 12.1 Å². The second-order valence-corrected chi connectivity index (χ2v) is 4.55. The van der Waals surface area contributed by atoms with Gasteiger partial charge >= 0.3 is 5.97 Å². The van der Waals surface area contributed by atoms with Gasteiger partial charge in [-0.3, -0.25) is 9.59 Å². The van der Waals surface area contributed by atoms with E-state index in [1.165, 1.54) is 0 Å². The fourth-order valence-corrected chi connectivity index (χ4v) is 1.93. The van der Waals surface area contributed by atoms with Gasteiger partial charge in [0.25, 0.3) is 5.91 Å². The molecular weight excluding hydrogens is 278 g/mol. The average molecular weight is 293 g/mol. The number of ether oxygens (including phenoxy) is 1. The highest BCUT2D eigenvalue weighted by Crippen LogP contribution is 2.28. The molecule has 0 aromatic heterocycles. The Morgan fingerprint density at radius 1 is 1.43 bits per heavy atom. The molecule has 1 aromatic carbocycles. The van der Waals surface area contributed by atoms with Crippen LogP contribution in [0.5, 0.6) is 5.75 Å². The summed E-state index contributed by atoms with van der Waals surface area (Å²) in [5.41, 5.74) is 5.71. The van der Waals surface area contributed by atoms with Crippen LogP contribution in [-0.4, -0.2) is 41.6 Å². The zero-order valence-electron chi connectivity index (χ0n) is 11.0. The van der Waals surface area contributed by atoms with Crippen LogP contribution in [0.3, 0.4) is 0 Å². The van der Waals surface area contributed by atoms with E-state index in [2.05, 4.69) is 10.6 Å². The highest BCUT2D eigenvalue weighted by molar-refractivity contribution is 5.90. The highest BCUT2D eigenvalue weighted by Gasteiger charge is 2.30. The molecule has 0 radical (unpaired) electrons. The second kappa shape index (κ2) is 6.12. The summed E-state index contributed by atoms with van der Waals surface area (Å²) in [4.78, 5) is 33.8. The molecule has 0 bridgehead atoms. The van der Waals surface area contributed by atoms with Gasteiger partial charge in [-0.15, -0.1) is 0 Å². The molecule has 1 unspecified atom stereocenters. The Bertz CT molecular complexity index is 575. The Labute approximate surface area is 120 Å². The number of fused-ring (bicyclic) bond motifs is 1. The number of carbonyl (C=O) groups is 3. The average Bonchev–Trinajstić information content (AvgIpc) is 2.45. The molecule has 2 amide bonds. The summed E-state index contributed by atoms with van der Waals surface area (Å²) in [7, 11) is 0. The molecule has 0 fully saturated rings. The summed E-state index contributed by atoms with van der Waals surface area (Å²) in [6.07, 6.45) is -1.35. The normalized spacial score (nSPS) is 17.6. The van der Waals surface area contributed by atoms with Crippen molar-refractivity contribution >= 4 is 23.5 Å². The van der Waals surface area contributed by atoms with Crippen LogP contribution in [0, 0.1) is 0 Å². The van der Waals surface area contributed by atoms with Gasteiger partial charge in [-0.25, -0.2) is 4.79 Å². The lowest BCUT2D eigenvalue weighted by Crippen LogP contribution is -2.51. The van der Waals surface area contributed by atoms with Crippen molar-refractivity contribution in [2.24, 2.45) is 5.73 Å². The predicted octanol–water partition coefficient (Wildman–Crippen LogP) is -0.696. The van der Waals surface area contributed by atoms with Crippen molar-refractivity contribution < 1.29 is 24.2 Å². The molecule has 1 aromatic rings. The maximum Gasteiger partial charge on any atom is 0.326 e. The number of hydrogen-bond acceptors (Lipinski definition) is 5. The zero-order chi connectivity index (χ0) is 15.4. The molecular formula is C13H15N3O5. The van der Waals surface area contributed by atoms with Crippen LogP contribution >= 0.6 is 0 Å². The van der Waals surface area contributed by atoms with Crippen molar-refractivity contribution in [2.45, 2.75) is 18.6 Å². The first-order chi connectivity index (χ1) is 9.97. The van der Waals surface area contributed by atoms with Crippen LogP contribution in [0.1, 0.15) is 6.42 Å². The molecule has 21 heavy (non-hydrogen) atoms. The van der Waals surface area contributed by atoms with E-state index in [4.69, 9.17) is 15.6 Å². The van der Waals surface area contributed by atoms with Gasteiger partial charge < -0.3 is 26.2 Å². The van der Waals surface area contributed by atoms with Crippen molar-refractivity contribution in [1.82, 2.24) is 5.32 Å².